The number of aliphatic carboxylic acids is 1. The van der Waals surface area contributed by atoms with E-state index < -0.39 is 12.1 Å². The third-order valence-corrected chi connectivity index (χ3v) is 10.3. The summed E-state index contributed by atoms with van der Waals surface area (Å²) in [6, 6.07) is 0. The molecule has 0 aromatic carbocycles. The number of fused-ring (bicyclic) bond motifs is 5. The van der Waals surface area contributed by atoms with E-state index in [0.29, 0.717) is 30.1 Å². The van der Waals surface area contributed by atoms with Crippen molar-refractivity contribution in [2.24, 2.45) is 46.3 Å². The van der Waals surface area contributed by atoms with E-state index in [2.05, 4.69) is 20.8 Å². The molecule has 0 saturated heterocycles. The van der Waals surface area contributed by atoms with Crippen LogP contribution in [0.25, 0.3) is 0 Å². The first-order valence-electron chi connectivity index (χ1n) is 11.8. The Bertz CT molecular complexity index is 637. The lowest BCUT2D eigenvalue weighted by Crippen LogP contribution is -2.62. The monoisotopic (exact) mass is 408 g/mol. The molecule has 4 N–H and O–H groups in total. The summed E-state index contributed by atoms with van der Waals surface area (Å²) >= 11 is 0. The van der Waals surface area contributed by atoms with E-state index in [1.165, 1.54) is 0 Å². The van der Waals surface area contributed by atoms with Crippen molar-refractivity contribution in [1.29, 1.82) is 0 Å². The predicted octanol–water partition coefficient (Wildman–Crippen LogP) is 3.45. The Morgan fingerprint density at radius 2 is 1.76 bits per heavy atom. The van der Waals surface area contributed by atoms with Gasteiger partial charge in [0.2, 0.25) is 0 Å². The van der Waals surface area contributed by atoms with Crippen molar-refractivity contribution in [3.63, 3.8) is 0 Å². The van der Waals surface area contributed by atoms with Gasteiger partial charge in [0.15, 0.2) is 0 Å². The molecule has 5 nitrogen and oxygen atoms in total. The van der Waals surface area contributed by atoms with Crippen LogP contribution in [0.4, 0.5) is 0 Å². The lowest BCUT2D eigenvalue weighted by atomic mass is 9.43. The largest absolute Gasteiger partial charge is 0.481 e. The number of hydrogen-bond acceptors (Lipinski definition) is 4. The third kappa shape index (κ3) is 3.27. The molecule has 0 aromatic heterocycles. The molecular formula is C24H40O5. The summed E-state index contributed by atoms with van der Waals surface area (Å²) in [6.45, 7) is 6.72. The average Bonchev–Trinajstić information content (AvgIpc) is 3.01. The number of carboxylic acids is 1. The van der Waals surface area contributed by atoms with Crippen molar-refractivity contribution in [2.75, 3.05) is 0 Å². The van der Waals surface area contributed by atoms with Crippen molar-refractivity contribution in [1.82, 2.24) is 0 Å². The van der Waals surface area contributed by atoms with Crippen LogP contribution in [0, 0.1) is 46.3 Å². The maximum atomic E-state index is 11.5. The molecule has 4 fully saturated rings. The summed E-state index contributed by atoms with van der Waals surface area (Å²) in [5.74, 6) is 0.997. The van der Waals surface area contributed by atoms with Crippen LogP contribution in [-0.2, 0) is 4.79 Å². The van der Waals surface area contributed by atoms with Gasteiger partial charge in [-0.1, -0.05) is 20.8 Å². The number of carboxylic acid groups (broad SMARTS) is 1. The Morgan fingerprint density at radius 3 is 2.45 bits per heavy atom. The molecule has 0 spiro atoms. The molecule has 166 valence electrons. The van der Waals surface area contributed by atoms with Crippen molar-refractivity contribution < 1.29 is 25.2 Å². The lowest BCUT2D eigenvalue weighted by Gasteiger charge is -2.63. The Kier molecular flexibility index (Phi) is 5.57. The van der Waals surface area contributed by atoms with Crippen molar-refractivity contribution >= 4 is 5.97 Å². The first-order chi connectivity index (χ1) is 13.6. The van der Waals surface area contributed by atoms with E-state index >= 15 is 0 Å². The van der Waals surface area contributed by atoms with Crippen LogP contribution in [0.3, 0.4) is 0 Å². The minimum atomic E-state index is -0.748. The zero-order chi connectivity index (χ0) is 21.1. The van der Waals surface area contributed by atoms with E-state index in [4.69, 9.17) is 5.11 Å². The third-order valence-electron chi connectivity index (χ3n) is 10.3. The molecular weight excluding hydrogens is 368 g/mol. The highest BCUT2D eigenvalue weighted by molar-refractivity contribution is 5.66. The predicted molar refractivity (Wildman–Crippen MR) is 110 cm³/mol. The van der Waals surface area contributed by atoms with Crippen LogP contribution in [0.5, 0.6) is 0 Å². The first kappa shape index (κ1) is 21.6. The summed E-state index contributed by atoms with van der Waals surface area (Å²) in [7, 11) is 0. The van der Waals surface area contributed by atoms with Gasteiger partial charge < -0.3 is 20.4 Å². The summed E-state index contributed by atoms with van der Waals surface area (Å²) in [5, 5.41) is 42.0. The molecule has 0 unspecified atom stereocenters. The number of aliphatic hydroxyl groups is 3. The maximum absolute atomic E-state index is 11.5. The van der Waals surface area contributed by atoms with E-state index in [-0.39, 0.29) is 41.3 Å². The highest BCUT2D eigenvalue weighted by Crippen LogP contribution is 2.68. The fraction of sp³-hybridized carbons (Fsp3) is 0.958. The van der Waals surface area contributed by atoms with Gasteiger partial charge in [-0.25, -0.2) is 0 Å². The highest BCUT2D eigenvalue weighted by Gasteiger charge is 2.65. The minimum absolute atomic E-state index is 0.0957. The second-order valence-electron chi connectivity index (χ2n) is 11.4. The number of hydrogen-bond donors (Lipinski definition) is 4. The Labute approximate surface area is 174 Å². The van der Waals surface area contributed by atoms with Crippen LogP contribution in [0.15, 0.2) is 0 Å². The van der Waals surface area contributed by atoms with Gasteiger partial charge in [0.1, 0.15) is 0 Å². The fourth-order valence-electron chi connectivity index (χ4n) is 8.68. The second-order valence-corrected chi connectivity index (χ2v) is 11.4. The lowest BCUT2D eigenvalue weighted by molar-refractivity contribution is -0.207. The van der Waals surface area contributed by atoms with Crippen LogP contribution >= 0.6 is 0 Å². The van der Waals surface area contributed by atoms with Gasteiger partial charge in [0, 0.05) is 6.42 Å². The van der Waals surface area contributed by atoms with Crippen molar-refractivity contribution in [3.05, 3.63) is 0 Å². The van der Waals surface area contributed by atoms with Crippen molar-refractivity contribution in [3.8, 4) is 0 Å². The molecule has 0 aromatic rings. The first-order valence-corrected chi connectivity index (χ1v) is 11.8. The summed E-state index contributed by atoms with van der Waals surface area (Å²) in [6.07, 6.45) is 6.00. The molecule has 0 aliphatic heterocycles. The maximum Gasteiger partial charge on any atom is 0.303 e. The van der Waals surface area contributed by atoms with Gasteiger partial charge in [-0.05, 0) is 97.7 Å². The van der Waals surface area contributed by atoms with Gasteiger partial charge in [-0.3, -0.25) is 4.79 Å². The van der Waals surface area contributed by atoms with Crippen LogP contribution < -0.4 is 0 Å². The average molecular weight is 409 g/mol. The standard InChI is InChI=1S/C24H40O5/c1-13(4-7-21(28)29)16-5-6-17-22-18(12-20(27)24(16,17)3)23(2)9-8-15(25)10-14(23)11-19(22)26/h13-20,22,25-27H,4-12H2,1-3H3,(H,28,29)/t13-,14+,15+,16-,17+,18-,19+,20-,22+,23-,24+/m0/s1. The minimum Gasteiger partial charge on any atom is -0.481 e. The second kappa shape index (κ2) is 7.49. The van der Waals surface area contributed by atoms with Gasteiger partial charge in [0.25, 0.3) is 0 Å². The van der Waals surface area contributed by atoms with Crippen LogP contribution in [0.2, 0.25) is 0 Å². The fourth-order valence-corrected chi connectivity index (χ4v) is 8.68. The molecule has 5 heteroatoms. The topological polar surface area (TPSA) is 98.0 Å². The molecule has 0 heterocycles. The normalized spacial score (nSPS) is 52.9. The van der Waals surface area contributed by atoms with Crippen molar-refractivity contribution in [2.45, 2.75) is 96.9 Å². The zero-order valence-corrected chi connectivity index (χ0v) is 18.3. The Morgan fingerprint density at radius 1 is 1.03 bits per heavy atom. The van der Waals surface area contributed by atoms with Crippen LogP contribution in [-0.4, -0.2) is 44.7 Å². The van der Waals surface area contributed by atoms with E-state index in [0.717, 1.165) is 44.9 Å². The molecule has 4 aliphatic carbocycles. The van der Waals surface area contributed by atoms with E-state index in [1.54, 1.807) is 0 Å². The zero-order valence-electron chi connectivity index (χ0n) is 18.3. The molecule has 0 amide bonds. The Balaban J connectivity index is 1.61. The molecule has 4 aliphatic rings. The van der Waals surface area contributed by atoms with Gasteiger partial charge in [-0.15, -0.1) is 0 Å². The summed E-state index contributed by atoms with van der Waals surface area (Å²) in [5.41, 5.74) is -0.143. The number of carbonyl (C=O) groups is 1. The number of rotatable bonds is 4. The van der Waals surface area contributed by atoms with E-state index in [1.807, 2.05) is 0 Å². The summed E-state index contributed by atoms with van der Waals surface area (Å²) in [4.78, 5) is 11.1. The quantitative estimate of drug-likeness (QED) is 0.571. The highest BCUT2D eigenvalue weighted by atomic mass is 16.4. The summed E-state index contributed by atoms with van der Waals surface area (Å²) < 4.78 is 0. The van der Waals surface area contributed by atoms with Crippen LogP contribution in [0.1, 0.15) is 78.6 Å². The Hall–Kier alpha value is -0.650. The van der Waals surface area contributed by atoms with Gasteiger partial charge >= 0.3 is 5.97 Å². The SMILES string of the molecule is C[C@@H](CCC(=O)O)[C@@H]1CC[C@@H]2[C@H]3[C@H](O)C[C@H]4C[C@H](O)CC[C@]4(C)[C@H]3C[C@H](O)[C@@]21C. The molecule has 11 atom stereocenters. The van der Waals surface area contributed by atoms with E-state index in [9.17, 15) is 20.1 Å². The van der Waals surface area contributed by atoms with Gasteiger partial charge in [0.05, 0.1) is 18.3 Å². The molecule has 4 rings (SSSR count). The molecule has 0 bridgehead atoms. The molecule has 29 heavy (non-hydrogen) atoms. The van der Waals surface area contributed by atoms with Gasteiger partial charge in [-0.2, -0.15) is 0 Å². The molecule has 0 radical (unpaired) electrons. The number of aliphatic hydroxyl groups excluding tert-OH is 3. The molecule has 4 saturated carbocycles. The smallest absolute Gasteiger partial charge is 0.303 e.